The molecule has 50 heavy (non-hydrogen) atoms. The largest absolute Gasteiger partial charge is 0.208 e. The fourth-order valence-corrected chi connectivity index (χ4v) is 8.86. The molecule has 234 valence electrons. The van der Waals surface area contributed by atoms with Gasteiger partial charge < -0.3 is 0 Å². The maximum absolute atomic E-state index is 9.11. The first kappa shape index (κ1) is 22.6. The maximum atomic E-state index is 9.11. The summed E-state index contributed by atoms with van der Waals surface area (Å²) in [6.07, 6.45) is 0. The first-order valence-corrected chi connectivity index (χ1v) is 17.7. The van der Waals surface area contributed by atoms with E-state index in [1.165, 1.54) is 0 Å². The van der Waals surface area contributed by atoms with Crippen LogP contribution in [-0.4, -0.2) is 15.0 Å². The normalized spacial score (nSPS) is 13.6. The summed E-state index contributed by atoms with van der Waals surface area (Å²) in [5.74, 6) is 1.39. The van der Waals surface area contributed by atoms with E-state index in [0.717, 1.165) is 53.8 Å². The molecule has 0 atom stereocenters. The number of hydrogen-bond donors (Lipinski definition) is 0. The van der Waals surface area contributed by atoms with Crippen LogP contribution in [0.4, 0.5) is 0 Å². The topological polar surface area (TPSA) is 38.7 Å². The van der Waals surface area contributed by atoms with Gasteiger partial charge in [0.1, 0.15) is 0 Å². The van der Waals surface area contributed by atoms with Crippen LogP contribution in [0.3, 0.4) is 0 Å². The standard InChI is InChI=1S/C45H27N3S2/c1-2-13-28(14-3-1)31-17-4-5-20-37(31)44-46-43(47-45(48-44)38-24-12-23-36-34-19-7-9-26-40(34)50-42(36)38)30-16-10-15-29(27-30)32-21-11-22-35-33-18-6-8-25-39(33)49-41(32)35/h1-27H/i6D,8D,11D,18D,21D,22D,25D. The Hall–Kier alpha value is -6.01. The van der Waals surface area contributed by atoms with E-state index < -0.39 is 6.04 Å². The molecule has 5 heteroatoms. The second-order valence-corrected chi connectivity index (χ2v) is 13.9. The molecule has 7 aromatic carbocycles. The van der Waals surface area contributed by atoms with Crippen molar-refractivity contribution in [2.45, 2.75) is 0 Å². The van der Waals surface area contributed by atoms with Crippen LogP contribution in [-0.2, 0) is 0 Å². The van der Waals surface area contributed by atoms with Crippen molar-refractivity contribution >= 4 is 63.0 Å². The highest BCUT2D eigenvalue weighted by atomic mass is 32.1. The molecule has 0 fully saturated rings. The van der Waals surface area contributed by atoms with Gasteiger partial charge >= 0.3 is 0 Å². The predicted molar refractivity (Wildman–Crippen MR) is 213 cm³/mol. The molecule has 3 aromatic heterocycles. The number of aromatic nitrogens is 3. The van der Waals surface area contributed by atoms with E-state index in [0.29, 0.717) is 38.9 Å². The molecule has 0 radical (unpaired) electrons. The Morgan fingerprint density at radius 3 is 1.92 bits per heavy atom. The van der Waals surface area contributed by atoms with Crippen LogP contribution in [0, 0.1) is 0 Å². The van der Waals surface area contributed by atoms with Gasteiger partial charge in [-0.2, -0.15) is 0 Å². The molecule has 0 spiro atoms. The van der Waals surface area contributed by atoms with Crippen molar-refractivity contribution in [1.29, 1.82) is 0 Å². The molecule has 3 nitrogen and oxygen atoms in total. The van der Waals surface area contributed by atoms with Crippen molar-refractivity contribution in [3.63, 3.8) is 0 Å². The van der Waals surface area contributed by atoms with Crippen molar-refractivity contribution in [2.24, 2.45) is 0 Å². The van der Waals surface area contributed by atoms with Gasteiger partial charge in [0, 0.05) is 57.0 Å². The third-order valence-electron chi connectivity index (χ3n) is 8.88. The van der Waals surface area contributed by atoms with Gasteiger partial charge in [-0.3, -0.25) is 0 Å². The fourth-order valence-electron chi connectivity index (χ4n) is 6.56. The molecule has 0 N–H and O–H groups in total. The highest BCUT2D eigenvalue weighted by Gasteiger charge is 2.19. The Balaban J connectivity index is 1.23. The van der Waals surface area contributed by atoms with Gasteiger partial charge in [-0.05, 0) is 46.5 Å². The molecule has 0 aliphatic rings. The summed E-state index contributed by atoms with van der Waals surface area (Å²) in [7, 11) is 0. The number of rotatable bonds is 5. The lowest BCUT2D eigenvalue weighted by Crippen LogP contribution is -2.01. The minimum Gasteiger partial charge on any atom is -0.208 e. The summed E-state index contributed by atoms with van der Waals surface area (Å²) < 4.78 is 63.7. The average molecular weight is 681 g/mol. The van der Waals surface area contributed by atoms with Crippen LogP contribution >= 0.6 is 22.7 Å². The Morgan fingerprint density at radius 1 is 0.380 bits per heavy atom. The zero-order valence-electron chi connectivity index (χ0n) is 33.2. The van der Waals surface area contributed by atoms with Crippen molar-refractivity contribution in [2.75, 3.05) is 0 Å². The Bertz CT molecular complexity index is 3290. The number of nitrogens with zero attached hydrogens (tertiary/aromatic N) is 3. The summed E-state index contributed by atoms with van der Waals surface area (Å²) in [5, 5.41) is 2.71. The third-order valence-corrected chi connectivity index (χ3v) is 11.2. The highest BCUT2D eigenvalue weighted by molar-refractivity contribution is 7.26. The molecule has 0 aliphatic heterocycles. The van der Waals surface area contributed by atoms with Gasteiger partial charge in [0.25, 0.3) is 0 Å². The average Bonchev–Trinajstić information content (AvgIpc) is 3.84. The number of fused-ring (bicyclic) bond motifs is 6. The molecule has 10 aromatic rings. The van der Waals surface area contributed by atoms with Gasteiger partial charge in [-0.15, -0.1) is 22.7 Å². The van der Waals surface area contributed by atoms with E-state index in [4.69, 9.17) is 24.5 Å². The van der Waals surface area contributed by atoms with Gasteiger partial charge in [-0.1, -0.05) is 139 Å². The van der Waals surface area contributed by atoms with Crippen LogP contribution in [0.25, 0.3) is 96.8 Å². The molecule has 0 saturated carbocycles. The lowest BCUT2D eigenvalue weighted by atomic mass is 9.99. The molecule has 3 heterocycles. The van der Waals surface area contributed by atoms with Crippen molar-refractivity contribution in [1.82, 2.24) is 15.0 Å². The Morgan fingerprint density at radius 2 is 1.00 bits per heavy atom. The quantitative estimate of drug-likeness (QED) is 0.182. The lowest BCUT2D eigenvalue weighted by molar-refractivity contribution is 1.08. The van der Waals surface area contributed by atoms with Crippen molar-refractivity contribution in [3.8, 4) is 56.4 Å². The van der Waals surface area contributed by atoms with Crippen LogP contribution in [0.2, 0.25) is 0 Å². The molecule has 0 bridgehead atoms. The smallest absolute Gasteiger partial charge is 0.165 e. The molecule has 0 saturated heterocycles. The summed E-state index contributed by atoms with van der Waals surface area (Å²) in [6, 6.07) is 38.1. The number of thiophene rings is 2. The van der Waals surface area contributed by atoms with Gasteiger partial charge in [0.15, 0.2) is 17.5 Å². The van der Waals surface area contributed by atoms with Gasteiger partial charge in [-0.25, -0.2) is 15.0 Å². The zero-order chi connectivity index (χ0) is 39.1. The van der Waals surface area contributed by atoms with Crippen LogP contribution in [0.5, 0.6) is 0 Å². The summed E-state index contributed by atoms with van der Waals surface area (Å²) >= 11 is 2.81. The predicted octanol–water partition coefficient (Wildman–Crippen LogP) is 12.9. The Kier molecular flexibility index (Phi) is 5.35. The van der Waals surface area contributed by atoms with Crippen molar-refractivity contribution in [3.05, 3.63) is 164 Å². The molecule has 10 rings (SSSR count). The number of benzene rings is 7. The highest BCUT2D eigenvalue weighted by Crippen LogP contribution is 2.42. The summed E-state index contributed by atoms with van der Waals surface area (Å²) in [4.78, 5) is 15.4. The minimum absolute atomic E-state index is 0.170. The van der Waals surface area contributed by atoms with E-state index in [-0.39, 0.29) is 51.7 Å². The first-order chi connectivity index (χ1) is 27.7. The van der Waals surface area contributed by atoms with E-state index in [2.05, 4.69) is 36.4 Å². The molecular weight excluding hydrogens is 647 g/mol. The third kappa shape index (κ3) is 4.82. The van der Waals surface area contributed by atoms with Gasteiger partial charge in [0.05, 0.1) is 9.60 Å². The SMILES string of the molecule is [2H]c1c([2H])c([2H])c2c(sc3c(-c4cccc(-c5nc(-c6ccccc6-c6ccccc6)nc(-c6cccc7c6sc6ccccc67)n5)c4)c([2H])c([2H])c([2H])c32)c1[2H]. The fraction of sp³-hybridized carbons (Fsp3) is 0. The van der Waals surface area contributed by atoms with Crippen LogP contribution < -0.4 is 0 Å². The molecule has 0 aliphatic carbocycles. The molecule has 0 unspecified atom stereocenters. The van der Waals surface area contributed by atoms with E-state index in [9.17, 15) is 0 Å². The first-order valence-electron chi connectivity index (χ1n) is 19.5. The van der Waals surface area contributed by atoms with Crippen LogP contribution in [0.1, 0.15) is 9.60 Å². The monoisotopic (exact) mass is 680 g/mol. The van der Waals surface area contributed by atoms with Gasteiger partial charge in [0.2, 0.25) is 0 Å². The minimum atomic E-state index is -0.404. The van der Waals surface area contributed by atoms with E-state index in [1.54, 1.807) is 11.3 Å². The van der Waals surface area contributed by atoms with Crippen molar-refractivity contribution < 1.29 is 9.60 Å². The van der Waals surface area contributed by atoms with Crippen LogP contribution in [0.15, 0.2) is 164 Å². The zero-order valence-corrected chi connectivity index (χ0v) is 27.8. The number of hydrogen-bond acceptors (Lipinski definition) is 5. The Labute approximate surface area is 306 Å². The van der Waals surface area contributed by atoms with E-state index in [1.807, 2.05) is 84.9 Å². The lowest BCUT2D eigenvalue weighted by Gasteiger charge is -2.13. The second kappa shape index (κ2) is 11.8. The summed E-state index contributed by atoms with van der Waals surface area (Å²) in [6.45, 7) is 0. The molecule has 0 amide bonds. The summed E-state index contributed by atoms with van der Waals surface area (Å²) in [5.41, 5.74) is 5.26. The maximum Gasteiger partial charge on any atom is 0.165 e. The molecular formula is C45H27N3S2. The van der Waals surface area contributed by atoms with E-state index >= 15 is 0 Å². The second-order valence-electron chi connectivity index (χ2n) is 11.8.